The van der Waals surface area contributed by atoms with Gasteiger partial charge in [0.25, 0.3) is 0 Å². The standard InChI is InChI=1S/C16H21N/c1-14(16-9-3-2-4-10-16)13-17-12-11-15-7-5-6-8-15/h2-4,7,9-10,17H,1,5-6,8,11-13H2. The highest BCUT2D eigenvalue weighted by molar-refractivity contribution is 5.64. The summed E-state index contributed by atoms with van der Waals surface area (Å²) in [5.74, 6) is 0. The third kappa shape index (κ3) is 3.86. The maximum absolute atomic E-state index is 4.12. The molecule has 1 N–H and O–H groups in total. The molecule has 17 heavy (non-hydrogen) atoms. The van der Waals surface area contributed by atoms with Gasteiger partial charge < -0.3 is 5.32 Å². The predicted octanol–water partition coefficient (Wildman–Crippen LogP) is 3.79. The predicted molar refractivity (Wildman–Crippen MR) is 74.9 cm³/mol. The Bertz CT molecular complexity index is 389. The van der Waals surface area contributed by atoms with Crippen LogP contribution in [0.3, 0.4) is 0 Å². The molecule has 0 amide bonds. The summed E-state index contributed by atoms with van der Waals surface area (Å²) in [5, 5.41) is 3.47. The maximum atomic E-state index is 4.12. The zero-order valence-corrected chi connectivity index (χ0v) is 10.4. The SMILES string of the molecule is C=C(CNCCC1=CCCC1)c1ccccc1. The lowest BCUT2D eigenvalue weighted by Gasteiger charge is -2.08. The fourth-order valence-electron chi connectivity index (χ4n) is 2.23. The van der Waals surface area contributed by atoms with E-state index in [0.717, 1.165) is 13.1 Å². The van der Waals surface area contributed by atoms with Gasteiger partial charge in [0, 0.05) is 6.54 Å². The quantitative estimate of drug-likeness (QED) is 0.576. The van der Waals surface area contributed by atoms with Crippen LogP contribution >= 0.6 is 0 Å². The highest BCUT2D eigenvalue weighted by atomic mass is 14.8. The van der Waals surface area contributed by atoms with E-state index in [4.69, 9.17) is 0 Å². The average Bonchev–Trinajstić information content (AvgIpc) is 2.88. The van der Waals surface area contributed by atoms with Crippen LogP contribution in [0.15, 0.2) is 48.6 Å². The van der Waals surface area contributed by atoms with Gasteiger partial charge in [-0.2, -0.15) is 0 Å². The molecule has 0 bridgehead atoms. The first-order chi connectivity index (χ1) is 8.36. The monoisotopic (exact) mass is 227 g/mol. The van der Waals surface area contributed by atoms with Crippen molar-refractivity contribution >= 4 is 5.57 Å². The lowest BCUT2D eigenvalue weighted by atomic mass is 10.1. The molecular weight excluding hydrogens is 206 g/mol. The van der Waals surface area contributed by atoms with Gasteiger partial charge in [-0.3, -0.25) is 0 Å². The minimum absolute atomic E-state index is 0.886. The Morgan fingerprint density at radius 3 is 2.76 bits per heavy atom. The second-order valence-corrected chi connectivity index (χ2v) is 4.65. The van der Waals surface area contributed by atoms with Crippen LogP contribution < -0.4 is 5.32 Å². The summed E-state index contributed by atoms with van der Waals surface area (Å²) < 4.78 is 0. The number of nitrogens with one attached hydrogen (secondary N) is 1. The molecule has 1 aliphatic carbocycles. The number of hydrogen-bond donors (Lipinski definition) is 1. The molecule has 1 aromatic rings. The lowest BCUT2D eigenvalue weighted by Crippen LogP contribution is -2.17. The number of rotatable bonds is 6. The Morgan fingerprint density at radius 1 is 1.24 bits per heavy atom. The fraction of sp³-hybridized carbons (Fsp3) is 0.375. The molecular formula is C16H21N. The molecule has 0 heterocycles. The summed E-state index contributed by atoms with van der Waals surface area (Å²) in [7, 11) is 0. The summed E-state index contributed by atoms with van der Waals surface area (Å²) >= 11 is 0. The molecule has 0 unspecified atom stereocenters. The minimum Gasteiger partial charge on any atom is -0.312 e. The Kier molecular flexibility index (Phi) is 4.57. The topological polar surface area (TPSA) is 12.0 Å². The van der Waals surface area contributed by atoms with Gasteiger partial charge in [-0.05, 0) is 43.4 Å². The molecule has 0 aromatic heterocycles. The van der Waals surface area contributed by atoms with E-state index in [0.29, 0.717) is 0 Å². The van der Waals surface area contributed by atoms with Gasteiger partial charge in [-0.15, -0.1) is 0 Å². The van der Waals surface area contributed by atoms with Crippen LogP contribution in [0.4, 0.5) is 0 Å². The van der Waals surface area contributed by atoms with Crippen LogP contribution in [0.5, 0.6) is 0 Å². The van der Waals surface area contributed by atoms with Crippen LogP contribution in [0, 0.1) is 0 Å². The van der Waals surface area contributed by atoms with Crippen molar-refractivity contribution in [1.82, 2.24) is 5.32 Å². The molecule has 0 saturated carbocycles. The normalized spacial score (nSPS) is 14.7. The van der Waals surface area contributed by atoms with Crippen molar-refractivity contribution in [3.8, 4) is 0 Å². The van der Waals surface area contributed by atoms with Gasteiger partial charge in [-0.1, -0.05) is 48.6 Å². The number of allylic oxidation sites excluding steroid dienone is 1. The first-order valence-electron chi connectivity index (χ1n) is 6.48. The molecule has 1 aliphatic rings. The third-order valence-corrected chi connectivity index (χ3v) is 3.28. The average molecular weight is 227 g/mol. The van der Waals surface area contributed by atoms with Gasteiger partial charge in [0.05, 0.1) is 0 Å². The Balaban J connectivity index is 1.67. The van der Waals surface area contributed by atoms with Crippen molar-refractivity contribution in [2.45, 2.75) is 25.7 Å². The maximum Gasteiger partial charge on any atom is 0.0205 e. The Morgan fingerprint density at radius 2 is 2.06 bits per heavy atom. The molecule has 2 rings (SSSR count). The molecule has 1 heteroatoms. The van der Waals surface area contributed by atoms with Crippen molar-refractivity contribution < 1.29 is 0 Å². The summed E-state index contributed by atoms with van der Waals surface area (Å²) in [5.41, 5.74) is 4.04. The van der Waals surface area contributed by atoms with Crippen LogP contribution in [-0.4, -0.2) is 13.1 Å². The smallest absolute Gasteiger partial charge is 0.0205 e. The lowest BCUT2D eigenvalue weighted by molar-refractivity contribution is 0.731. The Labute approximate surface area is 104 Å². The summed E-state index contributed by atoms with van der Waals surface area (Å²) in [6.07, 6.45) is 7.54. The van der Waals surface area contributed by atoms with Crippen molar-refractivity contribution in [2.75, 3.05) is 13.1 Å². The fourth-order valence-corrected chi connectivity index (χ4v) is 2.23. The molecule has 0 atom stereocenters. The van der Waals surface area contributed by atoms with E-state index in [-0.39, 0.29) is 0 Å². The van der Waals surface area contributed by atoms with Crippen molar-refractivity contribution in [3.05, 3.63) is 54.1 Å². The zero-order valence-electron chi connectivity index (χ0n) is 10.4. The van der Waals surface area contributed by atoms with Gasteiger partial charge in [-0.25, -0.2) is 0 Å². The van der Waals surface area contributed by atoms with Gasteiger partial charge >= 0.3 is 0 Å². The molecule has 0 saturated heterocycles. The molecule has 0 spiro atoms. The van der Waals surface area contributed by atoms with Crippen molar-refractivity contribution in [1.29, 1.82) is 0 Å². The van der Waals surface area contributed by atoms with Crippen LogP contribution in [-0.2, 0) is 0 Å². The van der Waals surface area contributed by atoms with E-state index < -0.39 is 0 Å². The highest BCUT2D eigenvalue weighted by Gasteiger charge is 2.03. The van der Waals surface area contributed by atoms with Crippen molar-refractivity contribution in [2.24, 2.45) is 0 Å². The third-order valence-electron chi connectivity index (χ3n) is 3.28. The zero-order chi connectivity index (χ0) is 11.9. The minimum atomic E-state index is 0.886. The second kappa shape index (κ2) is 6.41. The van der Waals surface area contributed by atoms with E-state index in [2.05, 4.69) is 42.2 Å². The molecule has 0 radical (unpaired) electrons. The molecule has 1 aromatic carbocycles. The molecule has 90 valence electrons. The van der Waals surface area contributed by atoms with E-state index in [1.807, 2.05) is 6.07 Å². The van der Waals surface area contributed by atoms with Crippen molar-refractivity contribution in [3.63, 3.8) is 0 Å². The van der Waals surface area contributed by atoms with E-state index >= 15 is 0 Å². The van der Waals surface area contributed by atoms with Crippen LogP contribution in [0.2, 0.25) is 0 Å². The van der Waals surface area contributed by atoms with Crippen LogP contribution in [0.25, 0.3) is 5.57 Å². The first kappa shape index (κ1) is 12.1. The number of benzene rings is 1. The summed E-state index contributed by atoms with van der Waals surface area (Å²) in [6.45, 7) is 6.07. The molecule has 1 nitrogen and oxygen atoms in total. The van der Waals surface area contributed by atoms with E-state index in [1.54, 1.807) is 5.57 Å². The second-order valence-electron chi connectivity index (χ2n) is 4.65. The van der Waals surface area contributed by atoms with Gasteiger partial charge in [0.2, 0.25) is 0 Å². The van der Waals surface area contributed by atoms with Gasteiger partial charge in [0.15, 0.2) is 0 Å². The van der Waals surface area contributed by atoms with Crippen LogP contribution in [0.1, 0.15) is 31.2 Å². The number of hydrogen-bond acceptors (Lipinski definition) is 1. The molecule has 0 fully saturated rings. The summed E-state index contributed by atoms with van der Waals surface area (Å²) in [4.78, 5) is 0. The van der Waals surface area contributed by atoms with E-state index in [1.165, 1.54) is 36.8 Å². The summed E-state index contributed by atoms with van der Waals surface area (Å²) in [6, 6.07) is 10.4. The van der Waals surface area contributed by atoms with E-state index in [9.17, 15) is 0 Å². The highest BCUT2D eigenvalue weighted by Crippen LogP contribution is 2.19. The van der Waals surface area contributed by atoms with Gasteiger partial charge in [0.1, 0.15) is 0 Å². The Hall–Kier alpha value is -1.34. The largest absolute Gasteiger partial charge is 0.312 e. The molecule has 0 aliphatic heterocycles. The first-order valence-corrected chi connectivity index (χ1v) is 6.48.